The average Bonchev–Trinajstić information content (AvgIpc) is 3.33. The van der Waals surface area contributed by atoms with Gasteiger partial charge in [-0.1, -0.05) is 54.1 Å². The lowest BCUT2D eigenvalue weighted by atomic mass is 9.77. The molecule has 5 aromatic rings. The molecular formula is C29H27ClN4O2. The minimum atomic E-state index is -1.33. The number of nitrogens with zero attached hydrogens (tertiary/aromatic N) is 3. The van der Waals surface area contributed by atoms with Gasteiger partial charge in [0.1, 0.15) is 11.3 Å². The summed E-state index contributed by atoms with van der Waals surface area (Å²) in [6.45, 7) is 2.48. The molecular weight excluding hydrogens is 472 g/mol. The van der Waals surface area contributed by atoms with Crippen molar-refractivity contribution in [1.82, 2.24) is 14.1 Å². The van der Waals surface area contributed by atoms with Crippen LogP contribution in [0.15, 0.2) is 90.1 Å². The molecule has 1 unspecified atom stereocenters. The van der Waals surface area contributed by atoms with Crippen molar-refractivity contribution in [3.8, 4) is 16.9 Å². The molecule has 36 heavy (non-hydrogen) atoms. The van der Waals surface area contributed by atoms with E-state index in [9.17, 15) is 4.79 Å². The van der Waals surface area contributed by atoms with Gasteiger partial charge in [0.05, 0.1) is 35.9 Å². The molecule has 2 heterocycles. The molecule has 5 rings (SSSR count). The largest absolute Gasteiger partial charge is 0.494 e. The summed E-state index contributed by atoms with van der Waals surface area (Å²) >= 11 is 6.23. The summed E-state index contributed by atoms with van der Waals surface area (Å²) in [4.78, 5) is 18.6. The zero-order chi connectivity index (χ0) is 25.4. The van der Waals surface area contributed by atoms with Crippen LogP contribution in [0.5, 0.6) is 5.75 Å². The number of para-hydroxylation sites is 1. The Morgan fingerprint density at radius 2 is 1.78 bits per heavy atom. The molecule has 0 saturated heterocycles. The predicted molar refractivity (Wildman–Crippen MR) is 145 cm³/mol. The number of pyridine rings is 1. The second-order valence-electron chi connectivity index (χ2n) is 8.80. The molecule has 0 spiro atoms. The quantitative estimate of drug-likeness (QED) is 0.347. The molecule has 6 nitrogen and oxygen atoms in total. The van der Waals surface area contributed by atoms with Crippen LogP contribution in [0.2, 0.25) is 5.02 Å². The van der Waals surface area contributed by atoms with Crippen LogP contribution >= 0.6 is 11.6 Å². The van der Waals surface area contributed by atoms with Gasteiger partial charge in [-0.25, -0.2) is 4.98 Å². The zero-order valence-corrected chi connectivity index (χ0v) is 21.2. The van der Waals surface area contributed by atoms with Crippen LogP contribution in [0.25, 0.3) is 22.0 Å². The van der Waals surface area contributed by atoms with Crippen molar-refractivity contribution < 1.29 is 4.74 Å². The van der Waals surface area contributed by atoms with Crippen molar-refractivity contribution in [1.29, 1.82) is 0 Å². The van der Waals surface area contributed by atoms with E-state index in [2.05, 4.69) is 4.98 Å². The van der Waals surface area contributed by atoms with E-state index >= 15 is 0 Å². The van der Waals surface area contributed by atoms with E-state index in [0.717, 1.165) is 33.3 Å². The summed E-state index contributed by atoms with van der Waals surface area (Å²) < 4.78 is 9.32. The standard InChI is InChI=1S/C29H27ClN4O2/c1-4-36-22-9-7-8-19(16-22)26-23-10-5-6-11-24(23)34(3)28(35)27(26)29(31,25-17-32-18-33(25)2)20-12-14-21(30)15-13-20/h5-18H,4,31H2,1-3H3. The van der Waals surface area contributed by atoms with Gasteiger partial charge >= 0.3 is 0 Å². The van der Waals surface area contributed by atoms with Crippen LogP contribution in [0.3, 0.4) is 0 Å². The van der Waals surface area contributed by atoms with Gasteiger partial charge in [0.15, 0.2) is 0 Å². The number of halogens is 1. The lowest BCUT2D eigenvalue weighted by molar-refractivity contribution is 0.340. The molecule has 2 N–H and O–H groups in total. The summed E-state index contributed by atoms with van der Waals surface area (Å²) in [5.41, 5.74) is 10.2. The fraction of sp³-hybridized carbons (Fsp3) is 0.172. The van der Waals surface area contributed by atoms with Crippen molar-refractivity contribution >= 4 is 22.5 Å². The molecule has 0 saturated carbocycles. The van der Waals surface area contributed by atoms with Crippen LogP contribution in [-0.2, 0) is 19.6 Å². The number of aryl methyl sites for hydroxylation is 2. The topological polar surface area (TPSA) is 75.1 Å². The van der Waals surface area contributed by atoms with E-state index in [1.54, 1.807) is 36.3 Å². The number of imidazole rings is 1. The van der Waals surface area contributed by atoms with E-state index in [1.807, 2.05) is 79.2 Å². The highest BCUT2D eigenvalue weighted by Gasteiger charge is 2.40. The Bertz CT molecular complexity index is 1620. The van der Waals surface area contributed by atoms with E-state index in [-0.39, 0.29) is 5.56 Å². The molecule has 0 aliphatic carbocycles. The lowest BCUT2D eigenvalue weighted by Crippen LogP contribution is -2.46. The Labute approximate surface area is 214 Å². The molecule has 1 atom stereocenters. The first-order valence-electron chi connectivity index (χ1n) is 11.7. The molecule has 182 valence electrons. The molecule has 2 aromatic heterocycles. The Morgan fingerprint density at radius 3 is 2.47 bits per heavy atom. The van der Waals surface area contributed by atoms with Crippen LogP contribution in [0, 0.1) is 0 Å². The normalized spacial score (nSPS) is 13.0. The minimum Gasteiger partial charge on any atom is -0.494 e. The van der Waals surface area contributed by atoms with E-state index < -0.39 is 5.54 Å². The van der Waals surface area contributed by atoms with Crippen LogP contribution in [-0.4, -0.2) is 20.7 Å². The van der Waals surface area contributed by atoms with Crippen LogP contribution in [0.1, 0.15) is 23.7 Å². The molecule has 0 amide bonds. The average molecular weight is 499 g/mol. The Balaban J connectivity index is 1.98. The Morgan fingerprint density at radius 1 is 1.03 bits per heavy atom. The molecule has 0 aliphatic heterocycles. The van der Waals surface area contributed by atoms with Crippen molar-refractivity contribution in [3.05, 3.63) is 118 Å². The Kier molecular flexibility index (Phi) is 6.16. The van der Waals surface area contributed by atoms with Gasteiger partial charge < -0.3 is 19.6 Å². The van der Waals surface area contributed by atoms with Crippen molar-refractivity contribution in [3.63, 3.8) is 0 Å². The molecule has 0 radical (unpaired) electrons. The van der Waals surface area contributed by atoms with E-state index in [4.69, 9.17) is 22.1 Å². The minimum absolute atomic E-state index is 0.191. The fourth-order valence-electron chi connectivity index (χ4n) is 4.94. The molecule has 0 fully saturated rings. The number of hydrogen-bond donors (Lipinski definition) is 1. The van der Waals surface area contributed by atoms with E-state index in [0.29, 0.717) is 22.9 Å². The highest BCUT2D eigenvalue weighted by atomic mass is 35.5. The summed E-state index contributed by atoms with van der Waals surface area (Å²) in [5.74, 6) is 0.723. The number of benzene rings is 3. The first kappa shape index (κ1) is 23.9. The first-order valence-corrected chi connectivity index (χ1v) is 12.1. The van der Waals surface area contributed by atoms with Crippen LogP contribution < -0.4 is 16.0 Å². The lowest BCUT2D eigenvalue weighted by Gasteiger charge is -2.33. The fourth-order valence-corrected chi connectivity index (χ4v) is 5.07. The third kappa shape index (κ3) is 3.79. The summed E-state index contributed by atoms with van der Waals surface area (Å²) in [6, 6.07) is 23.0. The van der Waals surface area contributed by atoms with Crippen LogP contribution in [0.4, 0.5) is 0 Å². The van der Waals surface area contributed by atoms with Crippen molar-refractivity contribution in [2.24, 2.45) is 19.8 Å². The third-order valence-corrected chi connectivity index (χ3v) is 6.90. The number of hydrogen-bond acceptors (Lipinski definition) is 4. The van der Waals surface area contributed by atoms with Gasteiger partial charge in [0.25, 0.3) is 5.56 Å². The molecule has 3 aromatic carbocycles. The predicted octanol–water partition coefficient (Wildman–Crippen LogP) is 5.24. The zero-order valence-electron chi connectivity index (χ0n) is 20.4. The maximum absolute atomic E-state index is 14.3. The third-order valence-electron chi connectivity index (χ3n) is 6.65. The van der Waals surface area contributed by atoms with Gasteiger partial charge in [-0.3, -0.25) is 4.79 Å². The molecule has 0 bridgehead atoms. The summed E-state index contributed by atoms with van der Waals surface area (Å²) in [5, 5.41) is 1.50. The summed E-state index contributed by atoms with van der Waals surface area (Å²) in [7, 11) is 3.65. The first-order chi connectivity index (χ1) is 17.4. The highest BCUT2D eigenvalue weighted by molar-refractivity contribution is 6.30. The van der Waals surface area contributed by atoms with Gasteiger partial charge in [0, 0.05) is 30.1 Å². The highest BCUT2D eigenvalue weighted by Crippen LogP contribution is 2.41. The number of rotatable bonds is 6. The van der Waals surface area contributed by atoms with Gasteiger partial charge in [-0.15, -0.1) is 0 Å². The monoisotopic (exact) mass is 498 g/mol. The number of nitrogens with two attached hydrogens (primary N) is 1. The summed E-state index contributed by atoms with van der Waals surface area (Å²) in [6.07, 6.45) is 3.40. The second kappa shape index (κ2) is 9.30. The molecule has 0 aliphatic rings. The Hall–Kier alpha value is -3.87. The number of fused-ring (bicyclic) bond motifs is 1. The smallest absolute Gasteiger partial charge is 0.257 e. The SMILES string of the molecule is CCOc1cccc(-c2c(C(N)(c3ccc(Cl)cc3)c3cncn3C)c(=O)n(C)c3ccccc23)c1. The van der Waals surface area contributed by atoms with E-state index in [1.165, 1.54) is 0 Å². The van der Waals surface area contributed by atoms with Gasteiger partial charge in [-0.2, -0.15) is 0 Å². The van der Waals surface area contributed by atoms with Gasteiger partial charge in [-0.05, 0) is 48.4 Å². The van der Waals surface area contributed by atoms with Crippen molar-refractivity contribution in [2.75, 3.05) is 6.61 Å². The number of ether oxygens (including phenoxy) is 1. The number of aromatic nitrogens is 3. The second-order valence-corrected chi connectivity index (χ2v) is 9.23. The van der Waals surface area contributed by atoms with Gasteiger partial charge in [0.2, 0.25) is 0 Å². The maximum atomic E-state index is 14.3. The van der Waals surface area contributed by atoms with Crippen molar-refractivity contribution in [2.45, 2.75) is 12.5 Å². The molecule has 7 heteroatoms. The maximum Gasteiger partial charge on any atom is 0.257 e.